The first-order valence-electron chi connectivity index (χ1n) is 11.7. The number of hydrogen-bond acceptors (Lipinski definition) is 6. The van der Waals surface area contributed by atoms with E-state index in [1.165, 1.54) is 5.69 Å². The summed E-state index contributed by atoms with van der Waals surface area (Å²) in [4.78, 5) is 24.2. The summed E-state index contributed by atoms with van der Waals surface area (Å²) in [5.74, 6) is 0.691. The molecule has 3 aromatic rings. The molecule has 1 saturated heterocycles. The molecule has 0 radical (unpaired) electrons. The molecule has 1 aliphatic heterocycles. The number of carbonyl (C=O) groups excluding carboxylic acids is 1. The minimum Gasteiger partial charge on any atom is -0.378 e. The normalized spacial score (nSPS) is 14.3. The lowest BCUT2D eigenvalue weighted by atomic mass is 10.1. The maximum absolute atomic E-state index is 11.7. The highest BCUT2D eigenvalue weighted by Crippen LogP contribution is 2.25. The monoisotopic (exact) mass is 480 g/mol. The molecule has 2 aromatic heterocycles. The second-order valence-corrected chi connectivity index (χ2v) is 8.98. The van der Waals surface area contributed by atoms with Crippen molar-refractivity contribution in [1.82, 2.24) is 20.2 Å². The number of nitrogens with zero attached hydrogens (tertiary/aromatic N) is 4. The van der Waals surface area contributed by atoms with Gasteiger partial charge in [0.1, 0.15) is 0 Å². The van der Waals surface area contributed by atoms with E-state index in [2.05, 4.69) is 54.7 Å². The van der Waals surface area contributed by atoms with Gasteiger partial charge in [-0.25, -0.2) is 14.8 Å². The molecular weight excluding hydrogens is 448 g/mol. The van der Waals surface area contributed by atoms with E-state index >= 15 is 0 Å². The van der Waals surface area contributed by atoms with Crippen molar-refractivity contribution in [2.45, 2.75) is 26.8 Å². The van der Waals surface area contributed by atoms with Crippen LogP contribution in [0.3, 0.4) is 0 Å². The second-order valence-electron chi connectivity index (χ2n) is 8.15. The van der Waals surface area contributed by atoms with Gasteiger partial charge < -0.3 is 24.8 Å². The van der Waals surface area contributed by atoms with Crippen LogP contribution in [0.2, 0.25) is 0 Å². The molecule has 0 bridgehead atoms. The van der Waals surface area contributed by atoms with Gasteiger partial charge in [-0.2, -0.15) is 0 Å². The first-order valence-corrected chi connectivity index (χ1v) is 12.6. The number of benzene rings is 1. The van der Waals surface area contributed by atoms with E-state index < -0.39 is 0 Å². The SMILES string of the molecule is CCNC(=O)NCCCn1c(-c2ccc(N3CCOCC3)cc2)cs/c1=N\c1ccc(C)cn1. The lowest BCUT2D eigenvalue weighted by Gasteiger charge is -2.28. The predicted octanol–water partition coefficient (Wildman–Crippen LogP) is 3.70. The second kappa shape index (κ2) is 11.8. The zero-order valence-corrected chi connectivity index (χ0v) is 20.6. The number of anilines is 1. The molecule has 0 atom stereocenters. The molecule has 34 heavy (non-hydrogen) atoms. The molecule has 8 nitrogen and oxygen atoms in total. The third kappa shape index (κ3) is 6.24. The Balaban J connectivity index is 1.57. The van der Waals surface area contributed by atoms with E-state index in [0.29, 0.717) is 18.9 Å². The van der Waals surface area contributed by atoms with Gasteiger partial charge in [-0.05, 0) is 49.6 Å². The Hall–Kier alpha value is -3.17. The highest BCUT2D eigenvalue weighted by molar-refractivity contribution is 7.07. The van der Waals surface area contributed by atoms with E-state index in [0.717, 1.165) is 60.9 Å². The number of thiazole rings is 1. The highest BCUT2D eigenvalue weighted by Gasteiger charge is 2.13. The maximum atomic E-state index is 11.7. The third-order valence-electron chi connectivity index (χ3n) is 5.62. The van der Waals surface area contributed by atoms with Crippen molar-refractivity contribution < 1.29 is 9.53 Å². The molecule has 180 valence electrons. The number of aryl methyl sites for hydroxylation is 1. The zero-order valence-electron chi connectivity index (χ0n) is 19.8. The number of rotatable bonds is 8. The summed E-state index contributed by atoms with van der Waals surface area (Å²) in [6, 6.07) is 12.5. The number of amides is 2. The van der Waals surface area contributed by atoms with Gasteiger partial charge in [0, 0.05) is 50.0 Å². The Labute approximate surface area is 204 Å². The van der Waals surface area contributed by atoms with Gasteiger partial charge in [-0.15, -0.1) is 11.3 Å². The van der Waals surface area contributed by atoms with Gasteiger partial charge in [-0.1, -0.05) is 18.2 Å². The molecule has 1 aliphatic rings. The number of morpholine rings is 1. The molecule has 0 saturated carbocycles. The van der Waals surface area contributed by atoms with Crippen LogP contribution >= 0.6 is 11.3 Å². The largest absolute Gasteiger partial charge is 0.378 e. The Morgan fingerprint density at radius 3 is 2.65 bits per heavy atom. The zero-order chi connectivity index (χ0) is 23.8. The third-order valence-corrected chi connectivity index (χ3v) is 6.49. The summed E-state index contributed by atoms with van der Waals surface area (Å²) in [7, 11) is 0. The van der Waals surface area contributed by atoms with Crippen molar-refractivity contribution in [3.63, 3.8) is 0 Å². The van der Waals surface area contributed by atoms with E-state index in [-0.39, 0.29) is 6.03 Å². The average molecular weight is 481 g/mol. The van der Waals surface area contributed by atoms with Gasteiger partial charge in [0.25, 0.3) is 0 Å². The fraction of sp³-hybridized carbons (Fsp3) is 0.400. The number of carbonyl (C=O) groups is 1. The van der Waals surface area contributed by atoms with Crippen LogP contribution in [-0.4, -0.2) is 55.0 Å². The Morgan fingerprint density at radius 1 is 1.15 bits per heavy atom. The van der Waals surface area contributed by atoms with Gasteiger partial charge in [0.05, 0.1) is 18.9 Å². The van der Waals surface area contributed by atoms with Crippen LogP contribution in [0.5, 0.6) is 0 Å². The first kappa shape index (κ1) is 24.0. The molecular formula is C25H32N6O2S. The van der Waals surface area contributed by atoms with Gasteiger partial charge >= 0.3 is 6.03 Å². The van der Waals surface area contributed by atoms with Crippen LogP contribution in [0, 0.1) is 6.92 Å². The quantitative estimate of drug-likeness (QED) is 0.482. The fourth-order valence-corrected chi connectivity index (χ4v) is 4.76. The standard InChI is InChI=1S/C25H32N6O2S/c1-3-26-24(32)27-11-4-12-31-22(18-34-25(31)29-23-10-5-19(2)17-28-23)20-6-8-21(9-7-20)30-13-15-33-16-14-30/h5-10,17-18H,3-4,11-16H2,1-2H3,(H2,26,27,32)/b29-25-. The van der Waals surface area contributed by atoms with Crippen LogP contribution in [0.1, 0.15) is 18.9 Å². The van der Waals surface area contributed by atoms with Crippen molar-refractivity contribution >= 4 is 28.9 Å². The average Bonchev–Trinajstić information content (AvgIpc) is 3.26. The van der Waals surface area contributed by atoms with Gasteiger partial charge in [-0.3, -0.25) is 0 Å². The smallest absolute Gasteiger partial charge is 0.314 e. The molecule has 1 aromatic carbocycles. The molecule has 1 fully saturated rings. The predicted molar refractivity (Wildman–Crippen MR) is 137 cm³/mol. The number of hydrogen-bond donors (Lipinski definition) is 2. The van der Waals surface area contributed by atoms with Crippen LogP contribution in [0.25, 0.3) is 11.3 Å². The Morgan fingerprint density at radius 2 is 1.94 bits per heavy atom. The van der Waals surface area contributed by atoms with Crippen molar-refractivity contribution in [2.75, 3.05) is 44.3 Å². The van der Waals surface area contributed by atoms with Crippen LogP contribution in [-0.2, 0) is 11.3 Å². The lowest BCUT2D eigenvalue weighted by Crippen LogP contribution is -2.36. The van der Waals surface area contributed by atoms with Crippen LogP contribution < -0.4 is 20.3 Å². The van der Waals surface area contributed by atoms with Gasteiger partial charge in [0.2, 0.25) is 0 Å². The maximum Gasteiger partial charge on any atom is 0.314 e. The molecule has 3 heterocycles. The number of aromatic nitrogens is 2. The Bertz CT molecular complexity index is 1130. The Kier molecular flexibility index (Phi) is 8.32. The molecule has 4 rings (SSSR count). The summed E-state index contributed by atoms with van der Waals surface area (Å²) in [6.07, 6.45) is 2.62. The van der Waals surface area contributed by atoms with Crippen molar-refractivity contribution in [2.24, 2.45) is 4.99 Å². The molecule has 0 spiro atoms. The summed E-state index contributed by atoms with van der Waals surface area (Å²) < 4.78 is 7.69. The number of urea groups is 1. The van der Waals surface area contributed by atoms with E-state index in [9.17, 15) is 4.79 Å². The highest BCUT2D eigenvalue weighted by atomic mass is 32.1. The van der Waals surface area contributed by atoms with Crippen molar-refractivity contribution in [1.29, 1.82) is 0 Å². The summed E-state index contributed by atoms with van der Waals surface area (Å²) in [5, 5.41) is 7.82. The number of ether oxygens (including phenoxy) is 1. The van der Waals surface area contributed by atoms with Gasteiger partial charge in [0.15, 0.2) is 10.6 Å². The molecule has 2 N–H and O–H groups in total. The summed E-state index contributed by atoms with van der Waals surface area (Å²) in [5.41, 5.74) is 4.58. The van der Waals surface area contributed by atoms with E-state index in [4.69, 9.17) is 9.73 Å². The lowest BCUT2D eigenvalue weighted by molar-refractivity contribution is 0.122. The molecule has 9 heteroatoms. The fourth-order valence-electron chi connectivity index (χ4n) is 3.82. The number of pyridine rings is 1. The molecule has 2 amide bonds. The minimum absolute atomic E-state index is 0.134. The number of nitrogens with one attached hydrogen (secondary N) is 2. The van der Waals surface area contributed by atoms with Crippen LogP contribution in [0.4, 0.5) is 16.3 Å². The van der Waals surface area contributed by atoms with Crippen molar-refractivity contribution in [3.8, 4) is 11.3 Å². The minimum atomic E-state index is -0.134. The van der Waals surface area contributed by atoms with Crippen LogP contribution in [0.15, 0.2) is 53.0 Å². The van der Waals surface area contributed by atoms with E-state index in [1.54, 1.807) is 11.3 Å². The first-order chi connectivity index (χ1) is 16.6. The van der Waals surface area contributed by atoms with E-state index in [1.807, 2.05) is 32.2 Å². The summed E-state index contributed by atoms with van der Waals surface area (Å²) in [6.45, 7) is 9.25. The molecule has 0 aliphatic carbocycles. The summed E-state index contributed by atoms with van der Waals surface area (Å²) >= 11 is 1.60. The molecule has 0 unspecified atom stereocenters. The van der Waals surface area contributed by atoms with Crippen molar-refractivity contribution in [3.05, 3.63) is 58.3 Å². The topological polar surface area (TPSA) is 83.8 Å².